The van der Waals surface area contributed by atoms with Crippen LogP contribution in [0.2, 0.25) is 0 Å². The Labute approximate surface area is 136 Å². The van der Waals surface area contributed by atoms with Crippen molar-refractivity contribution in [3.8, 4) is 0 Å². The van der Waals surface area contributed by atoms with Crippen molar-refractivity contribution in [1.82, 2.24) is 0 Å². The van der Waals surface area contributed by atoms with Gasteiger partial charge in [0.25, 0.3) is 0 Å². The van der Waals surface area contributed by atoms with Crippen molar-refractivity contribution in [3.05, 3.63) is 29.8 Å². The van der Waals surface area contributed by atoms with Gasteiger partial charge in [0, 0.05) is 16.8 Å². The number of carbonyl (C=O) groups is 1. The maximum Gasteiger partial charge on any atom is 0.320 e. The van der Waals surface area contributed by atoms with E-state index < -0.39 is 23.0 Å². The molecular weight excluding hydrogens is 356 g/mol. The highest BCUT2D eigenvalue weighted by molar-refractivity contribution is 9.09. The number of rotatable bonds is 10. The molecule has 0 saturated heterocycles. The molecule has 7 heteroatoms. The van der Waals surface area contributed by atoms with Gasteiger partial charge in [-0.3, -0.25) is 4.79 Å². The van der Waals surface area contributed by atoms with Crippen LogP contribution in [0.5, 0.6) is 0 Å². The second-order valence-corrected chi connectivity index (χ2v) is 6.84. The lowest BCUT2D eigenvalue weighted by Gasteiger charge is -2.09. The van der Waals surface area contributed by atoms with Crippen molar-refractivity contribution in [3.63, 3.8) is 0 Å². The van der Waals surface area contributed by atoms with E-state index in [4.69, 9.17) is 10.8 Å². The zero-order valence-corrected chi connectivity index (χ0v) is 14.2. The van der Waals surface area contributed by atoms with E-state index >= 15 is 0 Å². The lowest BCUT2D eigenvalue weighted by Crippen LogP contribution is -2.32. The summed E-state index contributed by atoms with van der Waals surface area (Å²) in [5.74, 6) is -0.389. The average Bonchev–Trinajstić information content (AvgIpc) is 2.45. The molecule has 0 spiro atoms. The van der Waals surface area contributed by atoms with E-state index in [1.54, 1.807) is 24.3 Å². The number of benzene rings is 1. The first kappa shape index (κ1) is 18.1. The Kier molecular flexibility index (Phi) is 8.56. The van der Waals surface area contributed by atoms with Crippen LogP contribution in [0.15, 0.2) is 24.3 Å². The summed E-state index contributed by atoms with van der Waals surface area (Å²) in [5, 5.41) is 9.74. The number of unbranched alkanes of at least 4 members (excludes halogenated alkanes) is 2. The van der Waals surface area contributed by atoms with Crippen LogP contribution < -0.4 is 10.5 Å². The van der Waals surface area contributed by atoms with Crippen LogP contribution in [0.1, 0.15) is 24.8 Å². The SMILES string of the molecule is N[C@@H](Cc1ccc(NS(=O)CCCCCBr)cc1)C(=O)O. The molecular formula is C14H21BrN2O3S. The van der Waals surface area contributed by atoms with Crippen molar-refractivity contribution >= 4 is 38.6 Å². The topological polar surface area (TPSA) is 92.4 Å². The monoisotopic (exact) mass is 376 g/mol. The fourth-order valence-corrected chi connectivity index (χ4v) is 3.10. The molecule has 118 valence electrons. The van der Waals surface area contributed by atoms with Gasteiger partial charge >= 0.3 is 5.97 Å². The van der Waals surface area contributed by atoms with Crippen molar-refractivity contribution in [1.29, 1.82) is 0 Å². The van der Waals surface area contributed by atoms with Gasteiger partial charge in [0.15, 0.2) is 0 Å². The number of halogens is 1. The number of carboxylic acid groups (broad SMARTS) is 1. The summed E-state index contributed by atoms with van der Waals surface area (Å²) >= 11 is 3.37. The third-order valence-electron chi connectivity index (χ3n) is 2.92. The molecule has 21 heavy (non-hydrogen) atoms. The van der Waals surface area contributed by atoms with E-state index in [9.17, 15) is 9.00 Å². The van der Waals surface area contributed by atoms with Gasteiger partial charge in [-0.1, -0.05) is 34.5 Å². The van der Waals surface area contributed by atoms with Crippen molar-refractivity contribution in [2.75, 3.05) is 15.8 Å². The van der Waals surface area contributed by atoms with E-state index in [0.29, 0.717) is 5.75 Å². The van der Waals surface area contributed by atoms with Gasteiger partial charge in [0.2, 0.25) is 0 Å². The number of aliphatic carboxylic acids is 1. The normalized spacial score (nSPS) is 13.6. The summed E-state index contributed by atoms with van der Waals surface area (Å²) in [6.07, 6.45) is 3.36. The summed E-state index contributed by atoms with van der Waals surface area (Å²) in [7, 11) is -1.08. The molecule has 0 aromatic heterocycles. The van der Waals surface area contributed by atoms with Gasteiger partial charge in [-0.2, -0.15) is 0 Å². The number of nitrogens with two attached hydrogens (primary N) is 1. The minimum absolute atomic E-state index is 0.283. The molecule has 2 atom stereocenters. The Morgan fingerprint density at radius 2 is 1.95 bits per heavy atom. The predicted molar refractivity (Wildman–Crippen MR) is 90.0 cm³/mol. The smallest absolute Gasteiger partial charge is 0.320 e. The molecule has 0 radical (unpaired) electrons. The Morgan fingerprint density at radius 1 is 1.29 bits per heavy atom. The molecule has 5 nitrogen and oxygen atoms in total. The molecule has 1 aromatic carbocycles. The molecule has 0 heterocycles. The fraction of sp³-hybridized carbons (Fsp3) is 0.500. The van der Waals surface area contributed by atoms with E-state index in [1.165, 1.54) is 0 Å². The summed E-state index contributed by atoms with van der Waals surface area (Å²) in [4.78, 5) is 10.7. The Balaban J connectivity index is 2.40. The molecule has 0 aliphatic rings. The van der Waals surface area contributed by atoms with Crippen LogP contribution in [0.25, 0.3) is 0 Å². The minimum atomic E-state index is -1.08. The predicted octanol–water partition coefficient (Wildman–Crippen LogP) is 2.28. The number of hydrogen-bond donors (Lipinski definition) is 3. The average molecular weight is 377 g/mol. The second kappa shape index (κ2) is 9.92. The molecule has 0 bridgehead atoms. The van der Waals surface area contributed by atoms with Crippen LogP contribution in [0.3, 0.4) is 0 Å². The Bertz CT molecular complexity index is 468. The van der Waals surface area contributed by atoms with Crippen LogP contribution in [0.4, 0.5) is 5.69 Å². The molecule has 0 saturated carbocycles. The molecule has 4 N–H and O–H groups in total. The zero-order chi connectivity index (χ0) is 15.7. The van der Waals surface area contributed by atoms with Gasteiger partial charge in [0.1, 0.15) is 17.0 Å². The summed E-state index contributed by atoms with van der Waals surface area (Å²) in [6, 6.07) is 6.29. The summed E-state index contributed by atoms with van der Waals surface area (Å²) in [5.41, 5.74) is 7.09. The number of alkyl halides is 1. The van der Waals surface area contributed by atoms with Gasteiger partial charge in [-0.15, -0.1) is 0 Å². The van der Waals surface area contributed by atoms with E-state index in [-0.39, 0.29) is 6.42 Å². The van der Waals surface area contributed by atoms with Crippen LogP contribution in [-0.4, -0.2) is 32.4 Å². The number of nitrogens with one attached hydrogen (secondary N) is 1. The van der Waals surface area contributed by atoms with Crippen LogP contribution in [-0.2, 0) is 22.2 Å². The molecule has 0 amide bonds. The first-order chi connectivity index (χ1) is 10.0. The highest BCUT2D eigenvalue weighted by Gasteiger charge is 2.11. The molecule has 1 unspecified atom stereocenters. The number of anilines is 1. The Hall–Kier alpha value is -0.920. The maximum absolute atomic E-state index is 11.8. The van der Waals surface area contributed by atoms with E-state index in [2.05, 4.69) is 20.7 Å². The summed E-state index contributed by atoms with van der Waals surface area (Å²) in [6.45, 7) is 0. The zero-order valence-electron chi connectivity index (χ0n) is 11.8. The number of hydrogen-bond acceptors (Lipinski definition) is 3. The molecule has 0 aliphatic heterocycles. The third kappa shape index (κ3) is 7.59. The maximum atomic E-state index is 11.8. The van der Waals surface area contributed by atoms with Gasteiger partial charge in [-0.25, -0.2) is 4.21 Å². The largest absolute Gasteiger partial charge is 0.480 e. The summed E-state index contributed by atoms with van der Waals surface area (Å²) < 4.78 is 14.8. The van der Waals surface area contributed by atoms with Crippen molar-refractivity contribution < 1.29 is 14.1 Å². The van der Waals surface area contributed by atoms with Crippen LogP contribution >= 0.6 is 15.9 Å². The molecule has 0 aliphatic carbocycles. The highest BCUT2D eigenvalue weighted by atomic mass is 79.9. The lowest BCUT2D eigenvalue weighted by molar-refractivity contribution is -0.138. The van der Waals surface area contributed by atoms with Crippen LogP contribution in [0, 0.1) is 0 Å². The highest BCUT2D eigenvalue weighted by Crippen LogP contribution is 2.12. The fourth-order valence-electron chi connectivity index (χ4n) is 1.74. The first-order valence-corrected chi connectivity index (χ1v) is 9.25. The lowest BCUT2D eigenvalue weighted by atomic mass is 10.1. The Morgan fingerprint density at radius 3 is 2.52 bits per heavy atom. The molecule has 1 rings (SSSR count). The quantitative estimate of drug-likeness (QED) is 0.431. The second-order valence-electron chi connectivity index (χ2n) is 4.75. The van der Waals surface area contributed by atoms with E-state index in [1.807, 2.05) is 0 Å². The molecule has 1 aromatic rings. The minimum Gasteiger partial charge on any atom is -0.480 e. The van der Waals surface area contributed by atoms with Gasteiger partial charge in [-0.05, 0) is 37.0 Å². The standard InChI is InChI=1S/C14H21BrN2O3S/c15-8-2-1-3-9-21(20)17-12-6-4-11(5-7-12)10-13(16)14(18)19/h4-7,13,17H,1-3,8-10,16H2,(H,18,19)/t13-,21?/m0/s1. The van der Waals surface area contributed by atoms with Gasteiger partial charge < -0.3 is 15.6 Å². The van der Waals surface area contributed by atoms with E-state index in [0.717, 1.165) is 35.8 Å². The molecule has 0 fully saturated rings. The first-order valence-electron chi connectivity index (χ1n) is 6.81. The van der Waals surface area contributed by atoms with Crippen molar-refractivity contribution in [2.45, 2.75) is 31.7 Å². The van der Waals surface area contributed by atoms with Gasteiger partial charge in [0.05, 0.1) is 0 Å². The van der Waals surface area contributed by atoms with Crippen molar-refractivity contribution in [2.24, 2.45) is 5.73 Å². The number of carboxylic acids is 1. The third-order valence-corrected chi connectivity index (χ3v) is 4.61.